The van der Waals surface area contributed by atoms with E-state index in [9.17, 15) is 14.7 Å². The SMILES string of the molecule is NCCCC[C@@H](C(=O)O)N(C/C=C/c1cccc(NC(=O)c2ccncc2)c1)Cc1cccc(OCc2ccccc2)c1. The molecule has 0 radical (unpaired) electrons. The van der Waals surface area contributed by atoms with Crippen LogP contribution < -0.4 is 15.8 Å². The first-order valence-electron chi connectivity index (χ1n) is 14.4. The minimum absolute atomic E-state index is 0.216. The third-order valence-corrected chi connectivity index (χ3v) is 6.93. The Labute approximate surface area is 252 Å². The third-order valence-electron chi connectivity index (χ3n) is 6.93. The Hall–Kier alpha value is -4.79. The molecule has 4 aromatic rings. The molecule has 8 nitrogen and oxygen atoms in total. The Morgan fingerprint density at radius 2 is 1.70 bits per heavy atom. The van der Waals surface area contributed by atoms with E-state index in [1.165, 1.54) is 0 Å². The second kappa shape index (κ2) is 16.6. The fourth-order valence-electron chi connectivity index (χ4n) is 4.71. The zero-order valence-electron chi connectivity index (χ0n) is 24.1. The summed E-state index contributed by atoms with van der Waals surface area (Å²) in [7, 11) is 0. The Morgan fingerprint density at radius 1 is 0.930 bits per heavy atom. The molecule has 0 unspecified atom stereocenters. The summed E-state index contributed by atoms with van der Waals surface area (Å²) in [5.41, 5.74) is 9.80. The number of benzene rings is 3. The van der Waals surface area contributed by atoms with Gasteiger partial charge < -0.3 is 20.9 Å². The number of aliphatic carboxylic acids is 1. The number of amides is 1. The predicted octanol–water partition coefficient (Wildman–Crippen LogP) is 6.01. The Bertz CT molecular complexity index is 1480. The molecule has 1 aromatic heterocycles. The Morgan fingerprint density at radius 3 is 2.47 bits per heavy atom. The molecule has 0 saturated carbocycles. The molecule has 1 amide bonds. The van der Waals surface area contributed by atoms with Crippen LogP contribution in [0.4, 0.5) is 5.69 Å². The zero-order valence-corrected chi connectivity index (χ0v) is 24.1. The van der Waals surface area contributed by atoms with Crippen molar-refractivity contribution < 1.29 is 19.4 Å². The monoisotopic (exact) mass is 578 g/mol. The zero-order chi connectivity index (χ0) is 30.3. The first kappa shape index (κ1) is 31.2. The van der Waals surface area contributed by atoms with Gasteiger partial charge in [0, 0.05) is 36.7 Å². The lowest BCUT2D eigenvalue weighted by molar-refractivity contribution is -0.143. The smallest absolute Gasteiger partial charge is 0.320 e. The van der Waals surface area contributed by atoms with Crippen LogP contribution in [0.1, 0.15) is 46.3 Å². The number of unbranched alkanes of at least 4 members (excludes halogenated alkanes) is 1. The second-order valence-electron chi connectivity index (χ2n) is 10.2. The van der Waals surface area contributed by atoms with Crippen molar-refractivity contribution in [3.8, 4) is 5.75 Å². The van der Waals surface area contributed by atoms with Gasteiger partial charge in [-0.3, -0.25) is 19.5 Å². The van der Waals surface area contributed by atoms with E-state index >= 15 is 0 Å². The van der Waals surface area contributed by atoms with Gasteiger partial charge in [0.25, 0.3) is 5.91 Å². The van der Waals surface area contributed by atoms with Gasteiger partial charge in [0.05, 0.1) is 0 Å². The number of nitrogens with two attached hydrogens (primary N) is 1. The molecule has 0 aliphatic rings. The van der Waals surface area contributed by atoms with Crippen molar-refractivity contribution in [3.05, 3.63) is 132 Å². The van der Waals surface area contributed by atoms with Gasteiger partial charge >= 0.3 is 5.97 Å². The first-order chi connectivity index (χ1) is 21.0. The van der Waals surface area contributed by atoms with Crippen LogP contribution >= 0.6 is 0 Å². The number of carbonyl (C=O) groups is 2. The van der Waals surface area contributed by atoms with Crippen LogP contribution in [-0.4, -0.2) is 46.0 Å². The van der Waals surface area contributed by atoms with Gasteiger partial charge in [-0.25, -0.2) is 0 Å². The van der Waals surface area contributed by atoms with Gasteiger partial charge in [0.2, 0.25) is 0 Å². The van der Waals surface area contributed by atoms with Gasteiger partial charge in [0.15, 0.2) is 0 Å². The summed E-state index contributed by atoms with van der Waals surface area (Å²) in [6.45, 7) is 1.84. The fraction of sp³-hybridized carbons (Fsp3) is 0.229. The van der Waals surface area contributed by atoms with Gasteiger partial charge in [-0.1, -0.05) is 73.2 Å². The average molecular weight is 579 g/mol. The van der Waals surface area contributed by atoms with Gasteiger partial charge in [-0.2, -0.15) is 0 Å². The molecule has 1 heterocycles. The highest BCUT2D eigenvalue weighted by Gasteiger charge is 2.24. The van der Waals surface area contributed by atoms with Crippen LogP contribution in [0.5, 0.6) is 5.75 Å². The van der Waals surface area contributed by atoms with Crippen molar-refractivity contribution in [2.45, 2.75) is 38.5 Å². The molecule has 0 spiro atoms. The number of hydrogen-bond acceptors (Lipinski definition) is 6. The highest BCUT2D eigenvalue weighted by molar-refractivity contribution is 6.04. The topological polar surface area (TPSA) is 118 Å². The summed E-state index contributed by atoms with van der Waals surface area (Å²) in [6, 6.07) is 27.9. The molecule has 1 atom stereocenters. The number of rotatable bonds is 16. The summed E-state index contributed by atoms with van der Waals surface area (Å²) in [6.07, 6.45) is 9.05. The quantitative estimate of drug-likeness (QED) is 0.139. The number of aromatic nitrogens is 1. The largest absolute Gasteiger partial charge is 0.489 e. The maximum absolute atomic E-state index is 12.6. The normalized spacial score (nSPS) is 11.9. The first-order valence-corrected chi connectivity index (χ1v) is 14.4. The lowest BCUT2D eigenvalue weighted by Crippen LogP contribution is -2.41. The number of nitrogens with zero attached hydrogens (tertiary/aromatic N) is 2. The van der Waals surface area contributed by atoms with E-state index in [1.807, 2.05) is 95.9 Å². The maximum Gasteiger partial charge on any atom is 0.320 e. The number of carbonyl (C=O) groups excluding carboxylic acids is 1. The minimum atomic E-state index is -0.859. The van der Waals surface area contributed by atoms with Gasteiger partial charge in [0.1, 0.15) is 18.4 Å². The van der Waals surface area contributed by atoms with E-state index in [-0.39, 0.29) is 5.91 Å². The molecule has 0 fully saturated rings. The summed E-state index contributed by atoms with van der Waals surface area (Å²) < 4.78 is 6.01. The predicted molar refractivity (Wildman–Crippen MR) is 170 cm³/mol. The molecule has 0 aliphatic carbocycles. The summed E-state index contributed by atoms with van der Waals surface area (Å²) in [5.74, 6) is -0.341. The fourth-order valence-corrected chi connectivity index (χ4v) is 4.71. The van der Waals surface area contributed by atoms with Crippen LogP contribution in [0.2, 0.25) is 0 Å². The van der Waals surface area contributed by atoms with Gasteiger partial charge in [-0.15, -0.1) is 0 Å². The number of pyridine rings is 1. The van der Waals surface area contributed by atoms with E-state index in [0.717, 1.165) is 35.3 Å². The lowest BCUT2D eigenvalue weighted by atomic mass is 10.1. The molecule has 0 aliphatic heterocycles. The summed E-state index contributed by atoms with van der Waals surface area (Å²) in [4.78, 5) is 30.8. The van der Waals surface area contributed by atoms with Crippen molar-refractivity contribution >= 4 is 23.6 Å². The minimum Gasteiger partial charge on any atom is -0.489 e. The van der Waals surface area contributed by atoms with E-state index < -0.39 is 12.0 Å². The van der Waals surface area contributed by atoms with E-state index in [4.69, 9.17) is 10.5 Å². The molecule has 4 N–H and O–H groups in total. The van der Waals surface area contributed by atoms with Crippen LogP contribution in [0.15, 0.2) is 109 Å². The molecular weight excluding hydrogens is 540 g/mol. The third kappa shape index (κ3) is 10.2. The molecule has 0 bridgehead atoms. The number of carboxylic acids is 1. The molecule has 3 aromatic carbocycles. The number of anilines is 1. The molecule has 43 heavy (non-hydrogen) atoms. The number of carboxylic acid groups (broad SMARTS) is 1. The molecule has 4 rings (SSSR count). The van der Waals surface area contributed by atoms with Crippen molar-refractivity contribution in [2.24, 2.45) is 5.73 Å². The van der Waals surface area contributed by atoms with Crippen LogP contribution in [0.3, 0.4) is 0 Å². The van der Waals surface area contributed by atoms with Crippen LogP contribution in [0.25, 0.3) is 6.08 Å². The van der Waals surface area contributed by atoms with E-state index in [2.05, 4.69) is 10.3 Å². The van der Waals surface area contributed by atoms with E-state index in [0.29, 0.717) is 43.9 Å². The standard InChI is InChI=1S/C35H38N4O4/c36-19-5-4-16-33(35(41)42)39(25-29-12-7-15-32(24-29)43-26-28-9-2-1-3-10-28)22-8-13-27-11-6-14-31(23-27)38-34(40)30-17-20-37-21-18-30/h1-3,6-15,17-18,20-21,23-24,33H,4-5,16,19,22,25-26,36H2,(H,38,40)(H,41,42)/b13-8+/t33-/m0/s1. The summed E-state index contributed by atoms with van der Waals surface area (Å²) in [5, 5.41) is 13.1. The Kier molecular flexibility index (Phi) is 12.0. The van der Waals surface area contributed by atoms with E-state index in [1.54, 1.807) is 24.5 Å². The highest BCUT2D eigenvalue weighted by Crippen LogP contribution is 2.20. The Balaban J connectivity index is 1.46. The van der Waals surface area contributed by atoms with Crippen LogP contribution in [0, 0.1) is 0 Å². The molecule has 8 heteroatoms. The number of hydrogen-bond donors (Lipinski definition) is 3. The van der Waals surface area contributed by atoms with Crippen molar-refractivity contribution in [1.29, 1.82) is 0 Å². The van der Waals surface area contributed by atoms with Crippen molar-refractivity contribution in [3.63, 3.8) is 0 Å². The number of ether oxygens (including phenoxy) is 1. The maximum atomic E-state index is 12.6. The second-order valence-corrected chi connectivity index (χ2v) is 10.2. The lowest BCUT2D eigenvalue weighted by Gasteiger charge is -2.28. The van der Waals surface area contributed by atoms with Crippen LogP contribution in [-0.2, 0) is 17.9 Å². The molecule has 0 saturated heterocycles. The van der Waals surface area contributed by atoms with Gasteiger partial charge in [-0.05, 0) is 72.5 Å². The van der Waals surface area contributed by atoms with Crippen molar-refractivity contribution in [2.75, 3.05) is 18.4 Å². The van der Waals surface area contributed by atoms with Crippen molar-refractivity contribution in [1.82, 2.24) is 9.88 Å². The number of nitrogens with one attached hydrogen (secondary N) is 1. The highest BCUT2D eigenvalue weighted by atomic mass is 16.5. The summed E-state index contributed by atoms with van der Waals surface area (Å²) >= 11 is 0. The molecular formula is C35H38N4O4. The molecule has 222 valence electrons. The average Bonchev–Trinajstić information content (AvgIpc) is 3.03.